The number of aryl methyl sites for hydroxylation is 1. The highest BCUT2D eigenvalue weighted by Gasteiger charge is 2.30. The Labute approximate surface area is 178 Å². The maximum atomic E-state index is 13.2. The predicted molar refractivity (Wildman–Crippen MR) is 116 cm³/mol. The summed E-state index contributed by atoms with van der Waals surface area (Å²) >= 11 is 0. The molecule has 1 aliphatic heterocycles. The highest BCUT2D eigenvalue weighted by molar-refractivity contribution is 5.88. The van der Waals surface area contributed by atoms with Crippen molar-refractivity contribution in [3.8, 4) is 11.4 Å². The second-order valence-corrected chi connectivity index (χ2v) is 7.90. The normalized spacial score (nSPS) is 15.8. The number of rotatable bonds is 3. The van der Waals surface area contributed by atoms with Crippen LogP contribution in [0.5, 0.6) is 0 Å². The van der Waals surface area contributed by atoms with Crippen LogP contribution in [-0.2, 0) is 24.8 Å². The molecule has 0 radical (unpaired) electrons. The fraction of sp³-hybridized carbons (Fsp3) is 0.261. The third kappa shape index (κ3) is 3.30. The van der Waals surface area contributed by atoms with Gasteiger partial charge in [0.05, 0.1) is 30.1 Å². The Kier molecular flexibility index (Phi) is 4.62. The lowest BCUT2D eigenvalue weighted by Gasteiger charge is -2.32. The van der Waals surface area contributed by atoms with Crippen molar-refractivity contribution in [1.82, 2.24) is 29.4 Å². The molecule has 0 bridgehead atoms. The fourth-order valence-corrected chi connectivity index (χ4v) is 4.27. The minimum Gasteiger partial charge on any atom is -0.333 e. The van der Waals surface area contributed by atoms with Crippen LogP contribution in [0.4, 0.5) is 0 Å². The first-order valence-electron chi connectivity index (χ1n) is 10.2. The van der Waals surface area contributed by atoms with E-state index in [-0.39, 0.29) is 23.9 Å². The van der Waals surface area contributed by atoms with Crippen LogP contribution in [0.2, 0.25) is 0 Å². The SMILES string of the molecule is C[C@H]1CN(C(=O)Cc2nn(C)c(=O)c3ccccc23)Cc2nnc(-c3ccccc3)n21. The Hall–Kier alpha value is -3.81. The summed E-state index contributed by atoms with van der Waals surface area (Å²) in [5.41, 5.74) is 1.45. The molecule has 0 aliphatic carbocycles. The van der Waals surface area contributed by atoms with Crippen LogP contribution in [0, 0.1) is 0 Å². The molecule has 8 heteroatoms. The van der Waals surface area contributed by atoms with Gasteiger partial charge in [0, 0.05) is 24.5 Å². The molecular weight excluding hydrogens is 392 g/mol. The highest BCUT2D eigenvalue weighted by Crippen LogP contribution is 2.27. The number of aromatic nitrogens is 5. The van der Waals surface area contributed by atoms with Gasteiger partial charge in [0.15, 0.2) is 11.6 Å². The molecule has 0 saturated heterocycles. The van der Waals surface area contributed by atoms with Gasteiger partial charge in [-0.15, -0.1) is 10.2 Å². The molecule has 156 valence electrons. The first kappa shape index (κ1) is 19.2. The lowest BCUT2D eigenvalue weighted by Crippen LogP contribution is -2.41. The largest absolute Gasteiger partial charge is 0.333 e. The van der Waals surface area contributed by atoms with Crippen molar-refractivity contribution in [2.24, 2.45) is 7.05 Å². The Morgan fingerprint density at radius 2 is 1.74 bits per heavy atom. The van der Waals surface area contributed by atoms with Crippen molar-refractivity contribution in [3.05, 3.63) is 76.5 Å². The molecule has 2 aromatic carbocycles. The number of nitrogens with zero attached hydrogens (tertiary/aromatic N) is 6. The van der Waals surface area contributed by atoms with Crippen LogP contribution in [0.15, 0.2) is 59.4 Å². The van der Waals surface area contributed by atoms with Gasteiger partial charge >= 0.3 is 0 Å². The molecule has 5 rings (SSSR count). The van der Waals surface area contributed by atoms with Gasteiger partial charge in [-0.2, -0.15) is 5.10 Å². The molecule has 4 aromatic rings. The molecule has 1 aliphatic rings. The van der Waals surface area contributed by atoms with Gasteiger partial charge in [-0.1, -0.05) is 48.5 Å². The third-order valence-electron chi connectivity index (χ3n) is 5.76. The molecule has 1 atom stereocenters. The minimum atomic E-state index is -0.167. The lowest BCUT2D eigenvalue weighted by molar-refractivity contribution is -0.132. The van der Waals surface area contributed by atoms with Gasteiger partial charge in [-0.05, 0) is 13.0 Å². The van der Waals surface area contributed by atoms with Gasteiger partial charge in [0.1, 0.15) is 0 Å². The average molecular weight is 414 g/mol. The molecule has 0 spiro atoms. The maximum Gasteiger partial charge on any atom is 0.274 e. The number of carbonyl (C=O) groups excluding carboxylic acids is 1. The highest BCUT2D eigenvalue weighted by atomic mass is 16.2. The molecule has 31 heavy (non-hydrogen) atoms. The molecular formula is C23H22N6O2. The topological polar surface area (TPSA) is 85.9 Å². The third-order valence-corrected chi connectivity index (χ3v) is 5.76. The summed E-state index contributed by atoms with van der Waals surface area (Å²) in [7, 11) is 1.61. The van der Waals surface area contributed by atoms with Crippen molar-refractivity contribution in [3.63, 3.8) is 0 Å². The zero-order chi connectivity index (χ0) is 21.5. The molecule has 0 fully saturated rings. The average Bonchev–Trinajstić information content (AvgIpc) is 3.22. The van der Waals surface area contributed by atoms with Gasteiger partial charge < -0.3 is 9.47 Å². The molecule has 2 aromatic heterocycles. The Balaban J connectivity index is 1.43. The van der Waals surface area contributed by atoms with Crippen LogP contribution in [0.3, 0.4) is 0 Å². The molecule has 1 amide bonds. The molecule has 3 heterocycles. The second kappa shape index (κ2) is 7.46. The van der Waals surface area contributed by atoms with E-state index in [0.717, 1.165) is 22.6 Å². The standard InChI is InChI=1S/C23H22N6O2/c1-15-13-28(14-20-24-25-22(29(15)20)16-8-4-3-5-9-16)21(30)12-19-17-10-6-7-11-18(17)23(31)27(2)26-19/h3-11,15H,12-14H2,1-2H3/t15-/m0/s1. The number of amides is 1. The molecule has 0 N–H and O–H groups in total. The number of hydrogen-bond donors (Lipinski definition) is 0. The van der Waals surface area contributed by atoms with Crippen molar-refractivity contribution < 1.29 is 4.79 Å². The van der Waals surface area contributed by atoms with E-state index in [9.17, 15) is 9.59 Å². The van der Waals surface area contributed by atoms with Crippen LogP contribution < -0.4 is 5.56 Å². The van der Waals surface area contributed by atoms with E-state index in [0.29, 0.717) is 24.2 Å². The first-order valence-corrected chi connectivity index (χ1v) is 10.2. The fourth-order valence-electron chi connectivity index (χ4n) is 4.27. The zero-order valence-electron chi connectivity index (χ0n) is 17.4. The van der Waals surface area contributed by atoms with E-state index >= 15 is 0 Å². The van der Waals surface area contributed by atoms with Gasteiger partial charge in [-0.3, -0.25) is 9.59 Å². The van der Waals surface area contributed by atoms with Crippen LogP contribution in [-0.4, -0.2) is 41.9 Å². The van der Waals surface area contributed by atoms with E-state index < -0.39 is 0 Å². The van der Waals surface area contributed by atoms with E-state index in [1.165, 1.54) is 4.68 Å². The number of carbonyl (C=O) groups is 1. The maximum absolute atomic E-state index is 13.2. The van der Waals surface area contributed by atoms with Gasteiger partial charge in [0.2, 0.25) is 5.91 Å². The van der Waals surface area contributed by atoms with Crippen molar-refractivity contribution in [2.75, 3.05) is 6.54 Å². The number of benzene rings is 2. The summed E-state index contributed by atoms with van der Waals surface area (Å²) in [4.78, 5) is 27.3. The summed E-state index contributed by atoms with van der Waals surface area (Å²) in [5.74, 6) is 1.55. The monoisotopic (exact) mass is 414 g/mol. The smallest absolute Gasteiger partial charge is 0.274 e. The summed E-state index contributed by atoms with van der Waals surface area (Å²) < 4.78 is 3.41. The lowest BCUT2D eigenvalue weighted by atomic mass is 10.1. The first-order chi connectivity index (χ1) is 15.0. The predicted octanol–water partition coefficient (Wildman–Crippen LogP) is 2.34. The second-order valence-electron chi connectivity index (χ2n) is 7.90. The number of hydrogen-bond acceptors (Lipinski definition) is 5. The summed E-state index contributed by atoms with van der Waals surface area (Å²) in [5, 5.41) is 14.4. The Morgan fingerprint density at radius 3 is 2.52 bits per heavy atom. The van der Waals surface area contributed by atoms with E-state index in [1.54, 1.807) is 18.0 Å². The van der Waals surface area contributed by atoms with Crippen LogP contribution in [0.25, 0.3) is 22.2 Å². The van der Waals surface area contributed by atoms with Crippen molar-refractivity contribution in [1.29, 1.82) is 0 Å². The van der Waals surface area contributed by atoms with Crippen LogP contribution in [0.1, 0.15) is 24.5 Å². The van der Waals surface area contributed by atoms with Gasteiger partial charge in [-0.25, -0.2) is 4.68 Å². The summed E-state index contributed by atoms with van der Waals surface area (Å²) in [6.45, 7) is 3.03. The van der Waals surface area contributed by atoms with E-state index in [4.69, 9.17) is 0 Å². The van der Waals surface area contributed by atoms with E-state index in [2.05, 4.69) is 26.8 Å². The number of fused-ring (bicyclic) bond motifs is 2. The molecule has 0 saturated carbocycles. The summed E-state index contributed by atoms with van der Waals surface area (Å²) in [6, 6.07) is 17.3. The van der Waals surface area contributed by atoms with Gasteiger partial charge in [0.25, 0.3) is 5.56 Å². The van der Waals surface area contributed by atoms with Crippen molar-refractivity contribution in [2.45, 2.75) is 25.9 Å². The summed E-state index contributed by atoms with van der Waals surface area (Å²) in [6.07, 6.45) is 0.126. The molecule has 0 unspecified atom stereocenters. The Morgan fingerprint density at radius 1 is 1.03 bits per heavy atom. The molecule has 8 nitrogen and oxygen atoms in total. The zero-order valence-corrected chi connectivity index (χ0v) is 17.4. The van der Waals surface area contributed by atoms with Crippen molar-refractivity contribution >= 4 is 16.7 Å². The quantitative estimate of drug-likeness (QED) is 0.514. The Bertz CT molecular complexity index is 1340. The minimum absolute atomic E-state index is 0.0429. The van der Waals surface area contributed by atoms with E-state index in [1.807, 2.05) is 48.5 Å². The van der Waals surface area contributed by atoms with Crippen LogP contribution >= 0.6 is 0 Å².